The Labute approximate surface area is 355 Å². The van der Waals surface area contributed by atoms with Gasteiger partial charge >= 0.3 is 0 Å². The Balaban J connectivity index is 1.00. The highest BCUT2D eigenvalue weighted by molar-refractivity contribution is 5.96. The van der Waals surface area contributed by atoms with Crippen LogP contribution in [0.1, 0.15) is 88.4 Å². The second kappa shape index (κ2) is 14.6. The van der Waals surface area contributed by atoms with Crippen molar-refractivity contribution in [3.8, 4) is 22.3 Å². The fourth-order valence-corrected chi connectivity index (χ4v) is 11.6. The first-order valence-electron chi connectivity index (χ1n) is 22.2. The zero-order chi connectivity index (χ0) is 39.6. The third-order valence-electron chi connectivity index (χ3n) is 14.5. The second-order valence-corrected chi connectivity index (χ2v) is 17.6. The second-order valence-electron chi connectivity index (χ2n) is 17.6. The Kier molecular flexibility index (Phi) is 8.65. The van der Waals surface area contributed by atoms with Gasteiger partial charge in [0, 0.05) is 17.8 Å². The third-order valence-corrected chi connectivity index (χ3v) is 14.5. The molecule has 0 aliphatic heterocycles. The van der Waals surface area contributed by atoms with Gasteiger partial charge in [-0.1, -0.05) is 176 Å². The normalized spacial score (nSPS) is 21.1. The van der Waals surface area contributed by atoms with Gasteiger partial charge < -0.3 is 0 Å². The van der Waals surface area contributed by atoms with Gasteiger partial charge in [0.1, 0.15) is 0 Å². The van der Waals surface area contributed by atoms with Crippen molar-refractivity contribution in [2.75, 3.05) is 0 Å². The maximum absolute atomic E-state index is 2.61. The highest BCUT2D eigenvalue weighted by Gasteiger charge is 2.38. The van der Waals surface area contributed by atoms with Gasteiger partial charge in [0.05, 0.1) is 0 Å². The molecule has 0 amide bonds. The zero-order valence-corrected chi connectivity index (χ0v) is 34.1. The molecule has 6 aliphatic carbocycles. The molecule has 0 nitrogen and oxygen atoms in total. The zero-order valence-electron chi connectivity index (χ0n) is 34.1. The lowest BCUT2D eigenvalue weighted by molar-refractivity contribution is 0.702. The first-order valence-corrected chi connectivity index (χ1v) is 22.2. The van der Waals surface area contributed by atoms with E-state index in [0.717, 1.165) is 44.9 Å². The number of fused-ring (bicyclic) bond motifs is 9. The van der Waals surface area contributed by atoms with Gasteiger partial charge in [-0.15, -0.1) is 0 Å². The number of hydrogen-bond acceptors (Lipinski definition) is 0. The van der Waals surface area contributed by atoms with E-state index in [1.165, 1.54) is 89.1 Å². The number of benzene rings is 6. The van der Waals surface area contributed by atoms with Crippen LogP contribution in [0.4, 0.5) is 0 Å². The van der Waals surface area contributed by atoms with Crippen molar-refractivity contribution in [3.63, 3.8) is 0 Å². The van der Waals surface area contributed by atoms with Crippen LogP contribution in [0.2, 0.25) is 0 Å². The number of allylic oxidation sites excluding steroid dienone is 13. The maximum atomic E-state index is 2.61. The molecular weight excluding hydrogens is 721 g/mol. The maximum Gasteiger partial charge on any atom is 0.0139 e. The van der Waals surface area contributed by atoms with Gasteiger partial charge in [-0.25, -0.2) is 0 Å². The molecule has 0 heteroatoms. The minimum atomic E-state index is 0.315. The van der Waals surface area contributed by atoms with Gasteiger partial charge in [-0.05, 0) is 163 Å². The van der Waals surface area contributed by atoms with Crippen LogP contribution in [0.15, 0.2) is 210 Å². The Hall–Kier alpha value is -6.50. The molecule has 0 N–H and O–H groups in total. The van der Waals surface area contributed by atoms with Crippen LogP contribution in [-0.4, -0.2) is 0 Å². The van der Waals surface area contributed by atoms with E-state index >= 15 is 0 Å². The van der Waals surface area contributed by atoms with E-state index in [1.54, 1.807) is 16.7 Å². The lowest BCUT2D eigenvalue weighted by Crippen LogP contribution is -2.23. The topological polar surface area (TPSA) is 0 Å². The number of rotatable bonds is 5. The van der Waals surface area contributed by atoms with Crippen molar-refractivity contribution in [1.29, 1.82) is 0 Å². The summed E-state index contributed by atoms with van der Waals surface area (Å²) in [7, 11) is 0. The Bertz CT molecular complexity index is 2920. The van der Waals surface area contributed by atoms with Crippen LogP contribution in [0.3, 0.4) is 0 Å². The number of hydrogen-bond donors (Lipinski definition) is 0. The van der Waals surface area contributed by atoms with E-state index < -0.39 is 0 Å². The first-order chi connectivity index (χ1) is 29.8. The summed E-state index contributed by atoms with van der Waals surface area (Å²) in [5.41, 5.74) is 27.5. The van der Waals surface area contributed by atoms with Crippen LogP contribution in [0, 0.1) is 5.92 Å². The van der Waals surface area contributed by atoms with Crippen molar-refractivity contribution in [2.45, 2.75) is 56.8 Å². The summed E-state index contributed by atoms with van der Waals surface area (Å²) in [5, 5.41) is 0. The molecule has 0 aromatic heterocycles. The molecule has 3 unspecified atom stereocenters. The molecule has 60 heavy (non-hydrogen) atoms. The van der Waals surface area contributed by atoms with Crippen molar-refractivity contribution in [1.82, 2.24) is 0 Å². The molecule has 0 heterocycles. The SMILES string of the molecule is C1=CC(C2CC3=C(C=C(c4ccccc4)C4CC(C5=Cc6c(-c7ccccc7)cc7c(c6CC5)CC(c5ccccc5)c5ccccc5-7)=CC=C34)c3ccccc32)=CCC1. The monoisotopic (exact) mass is 768 g/mol. The summed E-state index contributed by atoms with van der Waals surface area (Å²) in [4.78, 5) is 0. The molecule has 0 saturated carbocycles. The van der Waals surface area contributed by atoms with Crippen LogP contribution < -0.4 is 0 Å². The molecule has 6 aliphatic rings. The summed E-state index contributed by atoms with van der Waals surface area (Å²) < 4.78 is 0. The van der Waals surface area contributed by atoms with Gasteiger partial charge in [0.15, 0.2) is 0 Å². The van der Waals surface area contributed by atoms with Crippen LogP contribution in [-0.2, 0) is 12.8 Å². The quantitative estimate of drug-likeness (QED) is 0.164. The fourth-order valence-electron chi connectivity index (χ4n) is 11.6. The molecule has 0 spiro atoms. The summed E-state index contributed by atoms with van der Waals surface area (Å²) in [6, 6.07) is 54.5. The highest BCUT2D eigenvalue weighted by atomic mass is 14.4. The van der Waals surface area contributed by atoms with Crippen molar-refractivity contribution in [3.05, 3.63) is 254 Å². The average molecular weight is 769 g/mol. The Morgan fingerprint density at radius 1 is 0.450 bits per heavy atom. The molecule has 0 bridgehead atoms. The summed E-state index contributed by atoms with van der Waals surface area (Å²) in [5.74, 6) is 1.06. The van der Waals surface area contributed by atoms with Crippen LogP contribution in [0.25, 0.3) is 39.5 Å². The van der Waals surface area contributed by atoms with Crippen molar-refractivity contribution in [2.24, 2.45) is 5.92 Å². The Morgan fingerprint density at radius 2 is 1.15 bits per heavy atom. The molecular formula is C60H48. The molecule has 288 valence electrons. The van der Waals surface area contributed by atoms with E-state index in [9.17, 15) is 0 Å². The molecule has 6 aromatic rings. The van der Waals surface area contributed by atoms with Gasteiger partial charge in [0.2, 0.25) is 0 Å². The Morgan fingerprint density at radius 3 is 1.92 bits per heavy atom. The van der Waals surface area contributed by atoms with Gasteiger partial charge in [0.25, 0.3) is 0 Å². The lowest BCUT2D eigenvalue weighted by atomic mass is 9.64. The third kappa shape index (κ3) is 5.88. The molecule has 0 fully saturated rings. The van der Waals surface area contributed by atoms with E-state index in [1.807, 2.05) is 0 Å². The predicted molar refractivity (Wildman–Crippen MR) is 251 cm³/mol. The molecule has 0 radical (unpaired) electrons. The average Bonchev–Trinajstić information content (AvgIpc) is 3.33. The standard InChI is InChI=1S/C60H48/c1-5-17-39(18-6-1)51-35-59-49-31-29-43(33-55(49)53(41-21-9-3-10-22-41)37-57(59)47-27-15-13-25-45(47)51)44-30-32-50-56(34-44)54(42-23-11-4-12-24-42)38-58-48-28-16-14-26-46(48)52(36-60(50)58)40-19-7-2-8-20-40/h1,3-7,9-28,30,32-33,37-38,51-52,56H,2,8,29,31,34-36H2. The summed E-state index contributed by atoms with van der Waals surface area (Å²) in [6.07, 6.45) is 25.0. The smallest absolute Gasteiger partial charge is 0.0139 e. The van der Waals surface area contributed by atoms with E-state index in [4.69, 9.17) is 0 Å². The minimum Gasteiger partial charge on any atom is -0.0839 e. The summed E-state index contributed by atoms with van der Waals surface area (Å²) >= 11 is 0. The first kappa shape index (κ1) is 35.4. The minimum absolute atomic E-state index is 0.315. The van der Waals surface area contributed by atoms with Crippen molar-refractivity contribution >= 4 is 17.2 Å². The highest BCUT2D eigenvalue weighted by Crippen LogP contribution is 2.55. The largest absolute Gasteiger partial charge is 0.0839 e. The van der Waals surface area contributed by atoms with E-state index in [2.05, 4.69) is 188 Å². The lowest BCUT2D eigenvalue weighted by Gasteiger charge is -2.40. The van der Waals surface area contributed by atoms with Crippen LogP contribution >= 0.6 is 0 Å². The summed E-state index contributed by atoms with van der Waals surface area (Å²) in [6.45, 7) is 0. The van der Waals surface area contributed by atoms with Crippen LogP contribution in [0.5, 0.6) is 0 Å². The van der Waals surface area contributed by atoms with E-state index in [0.29, 0.717) is 17.8 Å². The van der Waals surface area contributed by atoms with Crippen molar-refractivity contribution < 1.29 is 0 Å². The molecule has 6 aromatic carbocycles. The molecule has 3 atom stereocenters. The van der Waals surface area contributed by atoms with Gasteiger partial charge in [-0.3, -0.25) is 0 Å². The predicted octanol–water partition coefficient (Wildman–Crippen LogP) is 15.2. The molecule has 0 saturated heterocycles. The molecule has 12 rings (SSSR count). The van der Waals surface area contributed by atoms with E-state index in [-0.39, 0.29) is 0 Å². The van der Waals surface area contributed by atoms with Gasteiger partial charge in [-0.2, -0.15) is 0 Å². The fraction of sp³-hybridized carbons (Fsp3) is 0.167.